The summed E-state index contributed by atoms with van der Waals surface area (Å²) in [4.78, 5) is 27.9. The van der Waals surface area contributed by atoms with Gasteiger partial charge < -0.3 is 16.0 Å². The van der Waals surface area contributed by atoms with Crippen LogP contribution in [0.3, 0.4) is 0 Å². The third-order valence-electron chi connectivity index (χ3n) is 7.24. The van der Waals surface area contributed by atoms with Crippen LogP contribution in [0.5, 0.6) is 0 Å². The van der Waals surface area contributed by atoms with Gasteiger partial charge in [0.2, 0.25) is 0 Å². The van der Waals surface area contributed by atoms with Crippen LogP contribution in [0.15, 0.2) is 42.9 Å². The lowest BCUT2D eigenvalue weighted by molar-refractivity contribution is 0.0757. The van der Waals surface area contributed by atoms with Crippen molar-refractivity contribution in [2.75, 3.05) is 31.9 Å². The van der Waals surface area contributed by atoms with Gasteiger partial charge >= 0.3 is 0 Å². The number of nitrogen functional groups attached to an aromatic ring is 1. The van der Waals surface area contributed by atoms with Crippen LogP contribution >= 0.6 is 0 Å². The number of piperidine rings is 1. The largest absolute Gasteiger partial charge is 0.384 e. The Morgan fingerprint density at radius 3 is 2.69 bits per heavy atom. The first kappa shape index (κ1) is 23.9. The zero-order valence-corrected chi connectivity index (χ0v) is 20.4. The number of nitrogens with zero attached hydrogens (tertiary/aromatic N) is 4. The molecule has 2 aliphatic rings. The lowest BCUT2D eigenvalue weighted by Crippen LogP contribution is -2.39. The molecular weight excluding hydrogens is 455 g/mol. The molecule has 3 N–H and O–H groups in total. The molecule has 0 saturated carbocycles. The summed E-state index contributed by atoms with van der Waals surface area (Å²) >= 11 is 0. The van der Waals surface area contributed by atoms with Crippen LogP contribution in [0.2, 0.25) is 0 Å². The van der Waals surface area contributed by atoms with Crippen molar-refractivity contribution in [3.63, 3.8) is 0 Å². The Kier molecular flexibility index (Phi) is 6.66. The van der Waals surface area contributed by atoms with Gasteiger partial charge in [-0.1, -0.05) is 24.8 Å². The second-order valence-corrected chi connectivity index (χ2v) is 9.54. The molecule has 2 saturated heterocycles. The van der Waals surface area contributed by atoms with E-state index in [0.29, 0.717) is 47.7 Å². The van der Waals surface area contributed by atoms with E-state index in [2.05, 4.69) is 32.1 Å². The number of nitrogens with two attached hydrogens (primary N) is 1. The summed E-state index contributed by atoms with van der Waals surface area (Å²) < 4.78 is 15.3. The molecule has 1 spiro atoms. The van der Waals surface area contributed by atoms with Gasteiger partial charge in [0.05, 0.1) is 22.5 Å². The molecule has 8 heteroatoms. The van der Waals surface area contributed by atoms with Crippen molar-refractivity contribution < 1.29 is 9.18 Å². The number of aromatic nitrogens is 3. The lowest BCUT2D eigenvalue weighted by atomic mass is 9.78. The fourth-order valence-electron chi connectivity index (χ4n) is 5.13. The standard InChI is InChI=1S/C28H29FN6O/c1-2-24-22(6-3-19-4-8-25(30)32-16-19)26(34-18-33-24)20-5-7-21(23(29)15-20)27(36)35-14-11-28(17-35)9-12-31-13-10-28/h4-5,7-8,15-16,18,31H,2,9-14,17H2,1H3,(H2,30,32). The number of nitrogens with one attached hydrogen (secondary N) is 1. The van der Waals surface area contributed by atoms with Crippen LogP contribution in [0.4, 0.5) is 10.2 Å². The van der Waals surface area contributed by atoms with Crippen LogP contribution < -0.4 is 11.1 Å². The molecule has 7 nitrogen and oxygen atoms in total. The van der Waals surface area contributed by atoms with Gasteiger partial charge in [0, 0.05) is 30.4 Å². The third kappa shape index (κ3) is 4.79. The number of anilines is 1. The van der Waals surface area contributed by atoms with Gasteiger partial charge in [-0.15, -0.1) is 0 Å². The SMILES string of the molecule is CCc1ncnc(-c2ccc(C(=O)N3CCC4(CCNCC4)C3)c(F)c2)c1C#Cc1ccc(N)nc1. The summed E-state index contributed by atoms with van der Waals surface area (Å²) in [7, 11) is 0. The minimum Gasteiger partial charge on any atom is -0.384 e. The predicted molar refractivity (Wildman–Crippen MR) is 136 cm³/mol. The molecule has 0 aliphatic carbocycles. The molecule has 36 heavy (non-hydrogen) atoms. The number of amides is 1. The highest BCUT2D eigenvalue weighted by Gasteiger charge is 2.41. The van der Waals surface area contributed by atoms with Crippen LogP contribution in [-0.2, 0) is 6.42 Å². The molecule has 5 rings (SSSR count). The molecule has 1 aromatic carbocycles. The van der Waals surface area contributed by atoms with Gasteiger partial charge in [-0.2, -0.15) is 0 Å². The Balaban J connectivity index is 1.43. The first-order valence-corrected chi connectivity index (χ1v) is 12.4. The molecule has 3 aromatic rings. The second-order valence-electron chi connectivity index (χ2n) is 9.54. The Bertz CT molecular complexity index is 1340. The van der Waals surface area contributed by atoms with E-state index in [9.17, 15) is 4.79 Å². The van der Waals surface area contributed by atoms with E-state index in [1.165, 1.54) is 12.4 Å². The van der Waals surface area contributed by atoms with E-state index >= 15 is 4.39 Å². The quantitative estimate of drug-likeness (QED) is 0.553. The number of aryl methyl sites for hydroxylation is 1. The average Bonchev–Trinajstić information content (AvgIpc) is 3.31. The summed E-state index contributed by atoms with van der Waals surface area (Å²) in [5, 5.41) is 3.38. The van der Waals surface area contributed by atoms with E-state index in [1.54, 1.807) is 35.4 Å². The fourth-order valence-corrected chi connectivity index (χ4v) is 5.13. The Labute approximate surface area is 210 Å². The van der Waals surface area contributed by atoms with E-state index in [-0.39, 0.29) is 16.9 Å². The number of pyridine rings is 1. The van der Waals surface area contributed by atoms with Crippen LogP contribution in [0.1, 0.15) is 53.4 Å². The number of hydrogen-bond donors (Lipinski definition) is 2. The van der Waals surface area contributed by atoms with Crippen molar-refractivity contribution in [1.82, 2.24) is 25.2 Å². The topological polar surface area (TPSA) is 97.0 Å². The highest BCUT2D eigenvalue weighted by molar-refractivity contribution is 5.95. The van der Waals surface area contributed by atoms with E-state index in [4.69, 9.17) is 5.73 Å². The maximum Gasteiger partial charge on any atom is 0.256 e. The number of carbonyl (C=O) groups is 1. The van der Waals surface area contributed by atoms with Crippen molar-refractivity contribution in [2.45, 2.75) is 32.6 Å². The molecule has 2 aromatic heterocycles. The van der Waals surface area contributed by atoms with Crippen molar-refractivity contribution >= 4 is 11.7 Å². The fraction of sp³-hybridized carbons (Fsp3) is 0.357. The minimum atomic E-state index is -0.554. The zero-order chi connectivity index (χ0) is 25.1. The molecule has 0 bridgehead atoms. The Morgan fingerprint density at radius 1 is 1.14 bits per heavy atom. The zero-order valence-electron chi connectivity index (χ0n) is 20.4. The highest BCUT2D eigenvalue weighted by Crippen LogP contribution is 2.39. The number of benzene rings is 1. The first-order valence-electron chi connectivity index (χ1n) is 12.4. The summed E-state index contributed by atoms with van der Waals surface area (Å²) in [5.41, 5.74) is 9.10. The molecule has 2 aliphatic heterocycles. The molecule has 0 radical (unpaired) electrons. The summed E-state index contributed by atoms with van der Waals surface area (Å²) in [6.07, 6.45) is 6.80. The van der Waals surface area contributed by atoms with Crippen LogP contribution in [0.25, 0.3) is 11.3 Å². The molecule has 0 atom stereocenters. The number of rotatable bonds is 3. The lowest BCUT2D eigenvalue weighted by Gasteiger charge is -2.33. The Morgan fingerprint density at radius 2 is 1.97 bits per heavy atom. The van der Waals surface area contributed by atoms with Gasteiger partial charge in [-0.05, 0) is 68.5 Å². The summed E-state index contributed by atoms with van der Waals surface area (Å²) in [6.45, 7) is 5.30. The molecule has 184 valence electrons. The Hall–Kier alpha value is -3.83. The van der Waals surface area contributed by atoms with Crippen molar-refractivity contribution in [3.05, 3.63) is 71.1 Å². The summed E-state index contributed by atoms with van der Waals surface area (Å²) in [5.74, 6) is 5.84. The number of halogens is 1. The average molecular weight is 485 g/mol. The smallest absolute Gasteiger partial charge is 0.256 e. The molecule has 4 heterocycles. The van der Waals surface area contributed by atoms with Crippen molar-refractivity contribution in [2.24, 2.45) is 5.41 Å². The highest BCUT2D eigenvalue weighted by atomic mass is 19.1. The van der Waals surface area contributed by atoms with Gasteiger partial charge in [0.15, 0.2) is 0 Å². The number of hydrogen-bond acceptors (Lipinski definition) is 6. The molecular formula is C28H29FN6O. The number of carbonyl (C=O) groups excluding carboxylic acids is 1. The first-order chi connectivity index (χ1) is 17.5. The van der Waals surface area contributed by atoms with Crippen molar-refractivity contribution in [3.8, 4) is 23.1 Å². The van der Waals surface area contributed by atoms with Gasteiger partial charge in [0.25, 0.3) is 5.91 Å². The second kappa shape index (κ2) is 10.0. The maximum atomic E-state index is 15.3. The van der Waals surface area contributed by atoms with Gasteiger partial charge in [-0.25, -0.2) is 19.3 Å². The van der Waals surface area contributed by atoms with Crippen molar-refractivity contribution in [1.29, 1.82) is 0 Å². The third-order valence-corrected chi connectivity index (χ3v) is 7.24. The van der Waals surface area contributed by atoms with Crippen LogP contribution in [-0.4, -0.2) is 51.9 Å². The van der Waals surface area contributed by atoms with E-state index in [0.717, 1.165) is 38.0 Å². The molecule has 1 amide bonds. The van der Waals surface area contributed by atoms with E-state index < -0.39 is 5.82 Å². The number of likely N-dealkylation sites (tertiary alicyclic amines) is 1. The minimum absolute atomic E-state index is 0.0927. The van der Waals surface area contributed by atoms with Gasteiger partial charge in [0.1, 0.15) is 18.0 Å². The van der Waals surface area contributed by atoms with E-state index in [1.807, 2.05) is 6.92 Å². The normalized spacial score (nSPS) is 16.6. The van der Waals surface area contributed by atoms with Gasteiger partial charge in [-0.3, -0.25) is 4.79 Å². The maximum absolute atomic E-state index is 15.3. The predicted octanol–water partition coefficient (Wildman–Crippen LogP) is 3.44. The van der Waals surface area contributed by atoms with Crippen LogP contribution in [0, 0.1) is 23.1 Å². The molecule has 0 unspecified atom stereocenters. The monoisotopic (exact) mass is 484 g/mol. The molecule has 2 fully saturated rings. The summed E-state index contributed by atoms with van der Waals surface area (Å²) in [6, 6.07) is 8.16.